The fraction of sp³-hybridized carbons (Fsp3) is 0.300. The summed E-state index contributed by atoms with van der Waals surface area (Å²) >= 11 is 0. The SMILES string of the molecule is C=Cc1cnccc1[C@@H]1CCN1. The summed E-state index contributed by atoms with van der Waals surface area (Å²) in [5.74, 6) is 0. The molecule has 2 heteroatoms. The van der Waals surface area contributed by atoms with Crippen molar-refractivity contribution in [2.24, 2.45) is 0 Å². The van der Waals surface area contributed by atoms with Crippen molar-refractivity contribution < 1.29 is 0 Å². The van der Waals surface area contributed by atoms with Crippen LogP contribution >= 0.6 is 0 Å². The van der Waals surface area contributed by atoms with Gasteiger partial charge in [-0.1, -0.05) is 12.7 Å². The Bertz CT molecular complexity index is 290. The number of nitrogens with one attached hydrogen (secondary N) is 1. The van der Waals surface area contributed by atoms with Crippen LogP contribution in [0.1, 0.15) is 23.6 Å². The lowest BCUT2D eigenvalue weighted by molar-refractivity contribution is 0.382. The van der Waals surface area contributed by atoms with Crippen molar-refractivity contribution in [3.8, 4) is 0 Å². The predicted molar refractivity (Wildman–Crippen MR) is 49.7 cm³/mol. The van der Waals surface area contributed by atoms with Crippen LogP contribution in [-0.2, 0) is 0 Å². The van der Waals surface area contributed by atoms with Gasteiger partial charge in [-0.2, -0.15) is 0 Å². The molecule has 1 N–H and O–H groups in total. The van der Waals surface area contributed by atoms with Gasteiger partial charge < -0.3 is 5.32 Å². The van der Waals surface area contributed by atoms with Gasteiger partial charge in [0.25, 0.3) is 0 Å². The van der Waals surface area contributed by atoms with Crippen LogP contribution in [0.25, 0.3) is 6.08 Å². The first-order valence-corrected chi connectivity index (χ1v) is 4.21. The maximum absolute atomic E-state index is 4.06. The highest BCUT2D eigenvalue weighted by Crippen LogP contribution is 2.25. The standard InChI is InChI=1S/C10H12N2/c1-2-8-7-11-5-3-9(8)10-4-6-12-10/h2-3,5,7,10,12H,1,4,6H2/t10-/m0/s1. The molecule has 1 saturated heterocycles. The minimum atomic E-state index is 0.529. The summed E-state index contributed by atoms with van der Waals surface area (Å²) in [4.78, 5) is 4.06. The Morgan fingerprint density at radius 1 is 1.67 bits per heavy atom. The van der Waals surface area contributed by atoms with Crippen molar-refractivity contribution in [1.82, 2.24) is 10.3 Å². The van der Waals surface area contributed by atoms with Crippen LogP contribution in [0.4, 0.5) is 0 Å². The zero-order valence-corrected chi connectivity index (χ0v) is 6.96. The number of rotatable bonds is 2. The van der Waals surface area contributed by atoms with E-state index in [1.54, 1.807) is 0 Å². The molecule has 1 aliphatic rings. The van der Waals surface area contributed by atoms with Gasteiger partial charge in [-0.05, 0) is 30.2 Å². The van der Waals surface area contributed by atoms with Gasteiger partial charge in [-0.3, -0.25) is 4.98 Å². The minimum Gasteiger partial charge on any atom is -0.310 e. The van der Waals surface area contributed by atoms with Crippen LogP contribution in [0.5, 0.6) is 0 Å². The highest BCUT2D eigenvalue weighted by atomic mass is 15.0. The summed E-state index contributed by atoms with van der Waals surface area (Å²) in [6.07, 6.45) is 6.79. The summed E-state index contributed by atoms with van der Waals surface area (Å²) in [7, 11) is 0. The quantitative estimate of drug-likeness (QED) is 0.713. The molecule has 1 aromatic heterocycles. The number of hydrogen-bond donors (Lipinski definition) is 1. The molecule has 0 aliphatic carbocycles. The van der Waals surface area contributed by atoms with Gasteiger partial charge in [0.2, 0.25) is 0 Å². The fourth-order valence-electron chi connectivity index (χ4n) is 1.46. The van der Waals surface area contributed by atoms with E-state index in [-0.39, 0.29) is 0 Å². The lowest BCUT2D eigenvalue weighted by Crippen LogP contribution is -2.35. The molecule has 0 saturated carbocycles. The molecule has 1 aliphatic heterocycles. The van der Waals surface area contributed by atoms with E-state index in [9.17, 15) is 0 Å². The molecule has 62 valence electrons. The van der Waals surface area contributed by atoms with E-state index in [0.29, 0.717) is 6.04 Å². The van der Waals surface area contributed by atoms with Crippen molar-refractivity contribution in [1.29, 1.82) is 0 Å². The van der Waals surface area contributed by atoms with Crippen LogP contribution in [0, 0.1) is 0 Å². The first kappa shape index (κ1) is 7.50. The van der Waals surface area contributed by atoms with Gasteiger partial charge in [0.15, 0.2) is 0 Å². The van der Waals surface area contributed by atoms with Crippen molar-refractivity contribution in [3.05, 3.63) is 36.2 Å². The van der Waals surface area contributed by atoms with Gasteiger partial charge in [0, 0.05) is 18.4 Å². The molecule has 1 aromatic rings. The Hall–Kier alpha value is -1.15. The normalized spacial score (nSPS) is 21.5. The first-order chi connectivity index (χ1) is 5.92. The zero-order valence-electron chi connectivity index (χ0n) is 6.96. The lowest BCUT2D eigenvalue weighted by atomic mass is 9.95. The molecule has 12 heavy (non-hydrogen) atoms. The van der Waals surface area contributed by atoms with E-state index in [2.05, 4.69) is 22.9 Å². The average molecular weight is 160 g/mol. The van der Waals surface area contributed by atoms with E-state index in [1.807, 2.05) is 18.5 Å². The van der Waals surface area contributed by atoms with Crippen LogP contribution in [0.15, 0.2) is 25.0 Å². The third kappa shape index (κ3) is 1.14. The topological polar surface area (TPSA) is 24.9 Å². The predicted octanol–water partition coefficient (Wildman–Crippen LogP) is 1.76. The van der Waals surface area contributed by atoms with Crippen molar-refractivity contribution in [3.63, 3.8) is 0 Å². The van der Waals surface area contributed by atoms with E-state index in [0.717, 1.165) is 12.1 Å². The van der Waals surface area contributed by atoms with Gasteiger partial charge in [0.1, 0.15) is 0 Å². The summed E-state index contributed by atoms with van der Waals surface area (Å²) in [5.41, 5.74) is 2.47. The average Bonchev–Trinajstić information content (AvgIpc) is 2.02. The van der Waals surface area contributed by atoms with Crippen molar-refractivity contribution in [2.45, 2.75) is 12.5 Å². The highest BCUT2D eigenvalue weighted by Gasteiger charge is 2.19. The second-order valence-corrected chi connectivity index (χ2v) is 3.00. The first-order valence-electron chi connectivity index (χ1n) is 4.21. The molecule has 1 fully saturated rings. The van der Waals surface area contributed by atoms with Gasteiger partial charge in [-0.25, -0.2) is 0 Å². The Morgan fingerprint density at radius 2 is 2.50 bits per heavy atom. The Morgan fingerprint density at radius 3 is 3.08 bits per heavy atom. The van der Waals surface area contributed by atoms with Gasteiger partial charge in [0.05, 0.1) is 0 Å². The zero-order chi connectivity index (χ0) is 8.39. The molecule has 0 radical (unpaired) electrons. The third-order valence-corrected chi connectivity index (χ3v) is 2.31. The molecule has 2 heterocycles. The molecule has 0 unspecified atom stereocenters. The van der Waals surface area contributed by atoms with Crippen LogP contribution in [0.2, 0.25) is 0 Å². The molecule has 2 nitrogen and oxygen atoms in total. The Balaban J connectivity index is 2.33. The summed E-state index contributed by atoms with van der Waals surface area (Å²) < 4.78 is 0. The molecule has 2 rings (SSSR count). The fourth-order valence-corrected chi connectivity index (χ4v) is 1.46. The largest absolute Gasteiger partial charge is 0.310 e. The van der Waals surface area contributed by atoms with Crippen LogP contribution in [0.3, 0.4) is 0 Å². The van der Waals surface area contributed by atoms with E-state index < -0.39 is 0 Å². The molecular formula is C10H12N2. The monoisotopic (exact) mass is 160 g/mol. The third-order valence-electron chi connectivity index (χ3n) is 2.31. The lowest BCUT2D eigenvalue weighted by Gasteiger charge is -2.29. The Labute approximate surface area is 72.3 Å². The number of pyridine rings is 1. The highest BCUT2D eigenvalue weighted by molar-refractivity contribution is 5.51. The van der Waals surface area contributed by atoms with Gasteiger partial charge >= 0.3 is 0 Å². The van der Waals surface area contributed by atoms with E-state index in [4.69, 9.17) is 0 Å². The molecule has 0 spiro atoms. The number of nitrogens with zero attached hydrogens (tertiary/aromatic N) is 1. The van der Waals surface area contributed by atoms with Gasteiger partial charge in [-0.15, -0.1) is 0 Å². The van der Waals surface area contributed by atoms with Crippen molar-refractivity contribution in [2.75, 3.05) is 6.54 Å². The molecule has 0 aromatic carbocycles. The van der Waals surface area contributed by atoms with Crippen molar-refractivity contribution >= 4 is 6.08 Å². The number of hydrogen-bond acceptors (Lipinski definition) is 2. The Kier molecular flexibility index (Phi) is 1.92. The minimum absolute atomic E-state index is 0.529. The molecule has 1 atom stereocenters. The molecular weight excluding hydrogens is 148 g/mol. The van der Waals surface area contributed by atoms with E-state index >= 15 is 0 Å². The maximum atomic E-state index is 4.06. The smallest absolute Gasteiger partial charge is 0.0343 e. The van der Waals surface area contributed by atoms with E-state index in [1.165, 1.54) is 12.0 Å². The summed E-state index contributed by atoms with van der Waals surface area (Å²) in [6.45, 7) is 4.89. The second-order valence-electron chi connectivity index (χ2n) is 3.00. The van der Waals surface area contributed by atoms with Crippen LogP contribution < -0.4 is 5.32 Å². The summed E-state index contributed by atoms with van der Waals surface area (Å²) in [5, 5.41) is 3.36. The molecule has 0 amide bonds. The summed E-state index contributed by atoms with van der Waals surface area (Å²) in [6, 6.07) is 2.59. The van der Waals surface area contributed by atoms with Crippen LogP contribution in [-0.4, -0.2) is 11.5 Å². The molecule has 0 bridgehead atoms. The number of aromatic nitrogens is 1. The maximum Gasteiger partial charge on any atom is 0.0343 e. The second kappa shape index (κ2) is 3.07.